The fraction of sp³-hybridized carbons (Fsp3) is 0.316. The van der Waals surface area contributed by atoms with Crippen LogP contribution in [0, 0.1) is 5.82 Å². The Morgan fingerprint density at radius 2 is 1.94 bits per heavy atom. The fourth-order valence-electron chi connectivity index (χ4n) is 3.78. The standard InChI is InChI=1S/C19H19ClFN5O4S/c1-10-9-26(19(27)28)11(2)8-25(10)18-13-7-14(20)16(12-5-3-4-6-15(12)21)22-17(13)23-31(29,30)24-18/h3-7,10-11H,8-9H2,1-2H3,(H,22,23)(H,27,28)/t10-,11+/m0/s1. The highest BCUT2D eigenvalue weighted by molar-refractivity contribution is 7.91. The first-order valence-electron chi connectivity index (χ1n) is 9.42. The van der Waals surface area contributed by atoms with Crippen LogP contribution in [0.25, 0.3) is 11.3 Å². The van der Waals surface area contributed by atoms with Crippen LogP contribution in [0.5, 0.6) is 0 Å². The van der Waals surface area contributed by atoms with E-state index >= 15 is 0 Å². The highest BCUT2D eigenvalue weighted by Gasteiger charge is 2.37. The summed E-state index contributed by atoms with van der Waals surface area (Å²) in [6.07, 6.45) is -1.04. The second kappa shape index (κ2) is 7.65. The lowest BCUT2D eigenvalue weighted by Gasteiger charge is -2.44. The lowest BCUT2D eigenvalue weighted by molar-refractivity contribution is 0.0751. The maximum absolute atomic E-state index is 14.3. The number of nitrogens with zero attached hydrogens (tertiary/aromatic N) is 4. The monoisotopic (exact) mass is 467 g/mol. The third-order valence-corrected chi connectivity index (χ3v) is 6.43. The second-order valence-electron chi connectivity index (χ2n) is 7.47. The number of carboxylic acid groups (broad SMARTS) is 1. The summed E-state index contributed by atoms with van der Waals surface area (Å²) in [6, 6.07) is 6.66. The Morgan fingerprint density at radius 1 is 1.23 bits per heavy atom. The summed E-state index contributed by atoms with van der Waals surface area (Å²) >= 11 is 6.41. The van der Waals surface area contributed by atoms with Crippen LogP contribution >= 0.6 is 11.6 Å². The number of piperazine rings is 1. The Morgan fingerprint density at radius 3 is 2.61 bits per heavy atom. The average molecular weight is 468 g/mol. The van der Waals surface area contributed by atoms with E-state index in [-0.39, 0.29) is 47.1 Å². The highest BCUT2D eigenvalue weighted by Crippen LogP contribution is 2.35. The van der Waals surface area contributed by atoms with Gasteiger partial charge in [0.25, 0.3) is 0 Å². The number of aromatic nitrogens is 1. The topological polar surface area (TPSA) is 115 Å². The molecule has 0 bridgehead atoms. The second-order valence-corrected chi connectivity index (χ2v) is 9.22. The molecule has 164 valence electrons. The van der Waals surface area contributed by atoms with Crippen molar-refractivity contribution in [3.05, 3.63) is 46.7 Å². The van der Waals surface area contributed by atoms with Gasteiger partial charge in [-0.15, -0.1) is 4.40 Å². The predicted octanol–water partition coefficient (Wildman–Crippen LogP) is 3.03. The molecule has 0 unspecified atom stereocenters. The van der Waals surface area contributed by atoms with E-state index in [1.54, 1.807) is 24.8 Å². The van der Waals surface area contributed by atoms with Crippen molar-refractivity contribution in [3.8, 4) is 11.3 Å². The fourth-order valence-corrected chi connectivity index (χ4v) is 4.91. The first kappa shape index (κ1) is 21.3. The summed E-state index contributed by atoms with van der Waals surface area (Å²) in [4.78, 5) is 18.8. The van der Waals surface area contributed by atoms with Gasteiger partial charge in [0.1, 0.15) is 5.82 Å². The van der Waals surface area contributed by atoms with E-state index in [2.05, 4.69) is 14.1 Å². The molecule has 0 radical (unpaired) electrons. The SMILES string of the molecule is C[C@@H]1CN(C2=NS(=O)(=O)Nc3nc(-c4ccccc4F)c(Cl)cc32)[C@@H](C)CN1C(=O)O. The minimum atomic E-state index is -4.12. The van der Waals surface area contributed by atoms with Crippen molar-refractivity contribution < 1.29 is 22.7 Å². The number of hydrogen-bond acceptors (Lipinski definition) is 5. The number of amides is 1. The van der Waals surface area contributed by atoms with Crippen molar-refractivity contribution in [3.63, 3.8) is 0 Å². The van der Waals surface area contributed by atoms with Crippen LogP contribution in [0.4, 0.5) is 15.0 Å². The van der Waals surface area contributed by atoms with Crippen molar-refractivity contribution >= 4 is 39.6 Å². The number of nitrogens with one attached hydrogen (secondary N) is 1. The summed E-state index contributed by atoms with van der Waals surface area (Å²) < 4.78 is 45.3. The zero-order chi connectivity index (χ0) is 22.5. The zero-order valence-corrected chi connectivity index (χ0v) is 18.2. The molecule has 2 aliphatic heterocycles. The molecule has 9 nitrogen and oxygen atoms in total. The lowest BCUT2D eigenvalue weighted by Crippen LogP contribution is -2.59. The maximum atomic E-state index is 14.3. The molecule has 0 spiro atoms. The molecule has 0 saturated carbocycles. The van der Waals surface area contributed by atoms with Gasteiger partial charge in [-0.2, -0.15) is 8.42 Å². The third-order valence-electron chi connectivity index (χ3n) is 5.28. The summed E-state index contributed by atoms with van der Waals surface area (Å²) in [5.41, 5.74) is 0.568. The maximum Gasteiger partial charge on any atom is 0.407 e. The molecule has 31 heavy (non-hydrogen) atoms. The summed E-state index contributed by atoms with van der Waals surface area (Å²) in [5.74, 6) is -0.447. The van der Waals surface area contributed by atoms with Crippen LogP contribution in [0.3, 0.4) is 0 Å². The smallest absolute Gasteiger partial charge is 0.407 e. The molecule has 1 aromatic carbocycles. The number of halogens is 2. The van der Waals surface area contributed by atoms with Gasteiger partial charge in [-0.1, -0.05) is 23.7 Å². The number of pyridine rings is 1. The van der Waals surface area contributed by atoms with Crippen LogP contribution in [0.2, 0.25) is 5.02 Å². The number of fused-ring (bicyclic) bond motifs is 1. The van der Waals surface area contributed by atoms with Crippen LogP contribution < -0.4 is 4.72 Å². The summed E-state index contributed by atoms with van der Waals surface area (Å²) in [7, 11) is -4.12. The first-order valence-corrected chi connectivity index (χ1v) is 11.2. The molecule has 3 heterocycles. The van der Waals surface area contributed by atoms with E-state index in [9.17, 15) is 22.7 Å². The summed E-state index contributed by atoms with van der Waals surface area (Å²) in [5, 5.41) is 9.50. The molecule has 4 rings (SSSR count). The van der Waals surface area contributed by atoms with Gasteiger partial charge in [0.2, 0.25) is 0 Å². The number of hydrogen-bond donors (Lipinski definition) is 2. The predicted molar refractivity (Wildman–Crippen MR) is 114 cm³/mol. The van der Waals surface area contributed by atoms with Gasteiger partial charge in [0.05, 0.1) is 16.3 Å². The van der Waals surface area contributed by atoms with Gasteiger partial charge in [0.15, 0.2) is 11.7 Å². The Kier molecular flexibility index (Phi) is 5.26. The minimum absolute atomic E-state index is 0.0202. The Labute approximate surface area is 183 Å². The van der Waals surface area contributed by atoms with E-state index < -0.39 is 28.2 Å². The molecule has 2 aliphatic rings. The van der Waals surface area contributed by atoms with Crippen molar-refractivity contribution in [1.82, 2.24) is 14.8 Å². The van der Waals surface area contributed by atoms with Gasteiger partial charge >= 0.3 is 16.3 Å². The quantitative estimate of drug-likeness (QED) is 0.666. The zero-order valence-electron chi connectivity index (χ0n) is 16.6. The molecule has 2 aromatic rings. The van der Waals surface area contributed by atoms with E-state index in [4.69, 9.17) is 11.6 Å². The molecule has 12 heteroatoms. The van der Waals surface area contributed by atoms with Gasteiger partial charge < -0.3 is 14.9 Å². The average Bonchev–Trinajstić information content (AvgIpc) is 2.69. The van der Waals surface area contributed by atoms with Gasteiger partial charge in [-0.3, -0.25) is 0 Å². The van der Waals surface area contributed by atoms with Crippen LogP contribution in [-0.4, -0.2) is 65.4 Å². The Bertz CT molecular complexity index is 1210. The number of benzene rings is 1. The number of amidine groups is 1. The first-order chi connectivity index (χ1) is 14.6. The molecule has 1 fully saturated rings. The third kappa shape index (κ3) is 3.90. The molecule has 2 atom stereocenters. The Hall–Kier alpha value is -2.92. The number of carbonyl (C=O) groups is 1. The van der Waals surface area contributed by atoms with Crippen molar-refractivity contribution in [1.29, 1.82) is 0 Å². The van der Waals surface area contributed by atoms with Crippen LogP contribution in [0.15, 0.2) is 34.7 Å². The minimum Gasteiger partial charge on any atom is -0.465 e. The molecule has 1 saturated heterocycles. The van der Waals surface area contributed by atoms with Crippen LogP contribution in [0.1, 0.15) is 19.4 Å². The van der Waals surface area contributed by atoms with Crippen molar-refractivity contribution in [2.24, 2.45) is 4.40 Å². The van der Waals surface area contributed by atoms with E-state index in [0.29, 0.717) is 5.56 Å². The van der Waals surface area contributed by atoms with E-state index in [0.717, 1.165) is 0 Å². The molecular formula is C19H19ClFN5O4S. The largest absolute Gasteiger partial charge is 0.465 e. The van der Waals surface area contributed by atoms with Gasteiger partial charge in [-0.25, -0.2) is 18.9 Å². The number of rotatable bonds is 1. The molecule has 2 N–H and O–H groups in total. The van der Waals surface area contributed by atoms with Crippen molar-refractivity contribution in [2.45, 2.75) is 25.9 Å². The van der Waals surface area contributed by atoms with Gasteiger partial charge in [0, 0.05) is 30.7 Å². The molecule has 1 aromatic heterocycles. The molecule has 1 amide bonds. The number of anilines is 1. The summed E-state index contributed by atoms with van der Waals surface area (Å²) in [6.45, 7) is 3.92. The van der Waals surface area contributed by atoms with E-state index in [1.165, 1.54) is 29.2 Å². The lowest BCUT2D eigenvalue weighted by atomic mass is 10.1. The highest BCUT2D eigenvalue weighted by atomic mass is 35.5. The normalized spacial score (nSPS) is 22.4. The van der Waals surface area contributed by atoms with Crippen molar-refractivity contribution in [2.75, 3.05) is 17.8 Å². The van der Waals surface area contributed by atoms with Crippen LogP contribution in [-0.2, 0) is 10.2 Å². The molecular weight excluding hydrogens is 449 g/mol. The Balaban J connectivity index is 1.80. The molecule has 0 aliphatic carbocycles. The van der Waals surface area contributed by atoms with E-state index in [1.807, 2.05) is 0 Å². The van der Waals surface area contributed by atoms with Gasteiger partial charge in [-0.05, 0) is 32.0 Å².